The number of ether oxygens (including phenoxy) is 4. The standard InChI is InChI=1S/C25H37NO5.H2O4S/c1-28-22-13-19(14-23(29-2)24(22)30-3)25(27)31-16-18-10-7-11-26-15-20(12-21(18)26)17-8-5-4-6-9-17;1-5(2,3)4/h13-14,17-18,20-21H,4-12,15-16H2,1-3H3;(H2,1,2,3,4). The van der Waals surface area contributed by atoms with Gasteiger partial charge >= 0.3 is 16.4 Å². The molecule has 3 aliphatic rings. The number of hydrogen-bond acceptors (Lipinski definition) is 8. The van der Waals surface area contributed by atoms with Gasteiger partial charge in [0.25, 0.3) is 0 Å². The number of methoxy groups -OCH3 is 3. The molecule has 3 atom stereocenters. The Bertz CT molecular complexity index is 945. The van der Waals surface area contributed by atoms with E-state index in [-0.39, 0.29) is 5.97 Å². The van der Waals surface area contributed by atoms with Gasteiger partial charge in [0, 0.05) is 18.5 Å². The Hall–Kier alpha value is -2.08. The van der Waals surface area contributed by atoms with Gasteiger partial charge in [-0.15, -0.1) is 0 Å². The average Bonchev–Trinajstić information content (AvgIpc) is 3.31. The largest absolute Gasteiger partial charge is 0.493 e. The Kier molecular flexibility index (Phi) is 10.2. The van der Waals surface area contributed by atoms with Gasteiger partial charge in [0.2, 0.25) is 5.75 Å². The number of rotatable bonds is 7. The maximum absolute atomic E-state index is 12.8. The number of carbonyl (C=O) groups is 1. The van der Waals surface area contributed by atoms with Crippen LogP contribution in [0.3, 0.4) is 0 Å². The molecule has 0 bridgehead atoms. The SMILES string of the molecule is COc1cc(C(=O)OCC2CCCN3CC(C4CCCCC4)CC23)cc(OC)c1OC.O=S(=O)(O)O. The highest BCUT2D eigenvalue weighted by atomic mass is 32.3. The molecule has 2 N–H and O–H groups in total. The van der Waals surface area contributed by atoms with Gasteiger partial charge < -0.3 is 18.9 Å². The molecular weight excluding hydrogens is 490 g/mol. The van der Waals surface area contributed by atoms with Crippen molar-refractivity contribution in [2.75, 3.05) is 41.0 Å². The van der Waals surface area contributed by atoms with E-state index in [4.69, 9.17) is 36.5 Å². The number of benzene rings is 1. The van der Waals surface area contributed by atoms with Crippen molar-refractivity contribution < 1.29 is 41.3 Å². The molecule has 4 rings (SSSR count). The quantitative estimate of drug-likeness (QED) is 0.396. The summed E-state index contributed by atoms with van der Waals surface area (Å²) in [5.41, 5.74) is 0.425. The molecule has 2 aliphatic heterocycles. The second-order valence-corrected chi connectivity index (χ2v) is 10.7. The van der Waals surface area contributed by atoms with Crippen LogP contribution in [0.25, 0.3) is 0 Å². The number of hydrogen-bond donors (Lipinski definition) is 2. The van der Waals surface area contributed by atoms with E-state index in [9.17, 15) is 4.79 Å². The van der Waals surface area contributed by atoms with E-state index in [2.05, 4.69) is 4.90 Å². The van der Waals surface area contributed by atoms with Gasteiger partial charge in [-0.25, -0.2) is 4.79 Å². The lowest BCUT2D eigenvalue weighted by Gasteiger charge is -2.36. The van der Waals surface area contributed by atoms with Crippen LogP contribution in [0.1, 0.15) is 61.7 Å². The Morgan fingerprint density at radius 1 is 0.944 bits per heavy atom. The normalized spacial score (nSPS) is 24.8. The molecule has 3 fully saturated rings. The van der Waals surface area contributed by atoms with Crippen LogP contribution < -0.4 is 14.2 Å². The maximum atomic E-state index is 12.8. The molecule has 0 amide bonds. The number of nitrogens with zero attached hydrogens (tertiary/aromatic N) is 1. The summed E-state index contributed by atoms with van der Waals surface area (Å²) in [6.45, 7) is 2.92. The highest BCUT2D eigenvalue weighted by Crippen LogP contribution is 2.42. The molecule has 0 aromatic heterocycles. The Morgan fingerprint density at radius 3 is 2.11 bits per heavy atom. The molecule has 2 heterocycles. The number of carbonyl (C=O) groups excluding carboxylic acids is 1. The van der Waals surface area contributed by atoms with E-state index in [1.54, 1.807) is 33.5 Å². The highest BCUT2D eigenvalue weighted by molar-refractivity contribution is 7.79. The van der Waals surface area contributed by atoms with Crippen LogP contribution in [0.2, 0.25) is 0 Å². The highest BCUT2D eigenvalue weighted by Gasteiger charge is 2.42. The van der Waals surface area contributed by atoms with Crippen LogP contribution in [0.4, 0.5) is 0 Å². The van der Waals surface area contributed by atoms with Crippen molar-refractivity contribution in [1.29, 1.82) is 0 Å². The molecule has 1 aliphatic carbocycles. The fraction of sp³-hybridized carbons (Fsp3) is 0.720. The van der Waals surface area contributed by atoms with Crippen molar-refractivity contribution in [3.63, 3.8) is 0 Å². The minimum Gasteiger partial charge on any atom is -0.493 e. The molecular formula is C25H39NO9S. The van der Waals surface area contributed by atoms with Gasteiger partial charge in [-0.1, -0.05) is 32.1 Å². The van der Waals surface area contributed by atoms with Gasteiger partial charge in [-0.2, -0.15) is 8.42 Å². The lowest BCUT2D eigenvalue weighted by Crippen LogP contribution is -2.42. The predicted octanol–water partition coefficient (Wildman–Crippen LogP) is 3.90. The van der Waals surface area contributed by atoms with Crippen molar-refractivity contribution in [3.05, 3.63) is 17.7 Å². The smallest absolute Gasteiger partial charge is 0.394 e. The van der Waals surface area contributed by atoms with E-state index in [0.717, 1.165) is 18.3 Å². The third kappa shape index (κ3) is 7.71. The number of fused-ring (bicyclic) bond motifs is 1. The number of piperidine rings is 1. The molecule has 11 heteroatoms. The van der Waals surface area contributed by atoms with Gasteiger partial charge in [0.1, 0.15) is 0 Å². The summed E-state index contributed by atoms with van der Waals surface area (Å²) in [6, 6.07) is 3.88. The maximum Gasteiger partial charge on any atom is 0.394 e. The summed E-state index contributed by atoms with van der Waals surface area (Å²) < 4.78 is 53.5. The number of esters is 1. The van der Waals surface area contributed by atoms with Crippen molar-refractivity contribution in [2.24, 2.45) is 17.8 Å². The van der Waals surface area contributed by atoms with Gasteiger partial charge in [-0.3, -0.25) is 14.0 Å². The monoisotopic (exact) mass is 529 g/mol. The zero-order valence-corrected chi connectivity index (χ0v) is 22.2. The summed E-state index contributed by atoms with van der Waals surface area (Å²) in [4.78, 5) is 15.5. The summed E-state index contributed by atoms with van der Waals surface area (Å²) >= 11 is 0. The van der Waals surface area contributed by atoms with Gasteiger partial charge in [-0.05, 0) is 49.8 Å². The lowest BCUT2D eigenvalue weighted by atomic mass is 9.78. The van der Waals surface area contributed by atoms with Crippen LogP contribution in [-0.2, 0) is 15.1 Å². The Labute approximate surface area is 213 Å². The summed E-state index contributed by atoms with van der Waals surface area (Å²) in [5.74, 6) is 3.22. The van der Waals surface area contributed by atoms with Crippen LogP contribution in [0.15, 0.2) is 12.1 Å². The van der Waals surface area contributed by atoms with Crippen LogP contribution >= 0.6 is 0 Å². The van der Waals surface area contributed by atoms with Crippen molar-refractivity contribution in [1.82, 2.24) is 4.90 Å². The second kappa shape index (κ2) is 12.9. The van der Waals surface area contributed by atoms with Crippen molar-refractivity contribution in [3.8, 4) is 17.2 Å². The van der Waals surface area contributed by atoms with E-state index in [1.165, 1.54) is 58.0 Å². The average molecular weight is 530 g/mol. The molecule has 1 aromatic carbocycles. The van der Waals surface area contributed by atoms with Crippen molar-refractivity contribution in [2.45, 2.75) is 57.4 Å². The molecule has 0 spiro atoms. The van der Waals surface area contributed by atoms with Crippen LogP contribution in [-0.4, -0.2) is 75.5 Å². The van der Waals surface area contributed by atoms with Gasteiger partial charge in [0.05, 0.1) is 33.5 Å². The van der Waals surface area contributed by atoms with Gasteiger partial charge in [0.15, 0.2) is 11.5 Å². The Morgan fingerprint density at radius 2 is 1.56 bits per heavy atom. The first-order chi connectivity index (χ1) is 17.1. The third-order valence-electron chi connectivity index (χ3n) is 7.69. The van der Waals surface area contributed by atoms with E-state index in [0.29, 0.717) is 41.4 Å². The topological polar surface area (TPSA) is 132 Å². The van der Waals surface area contributed by atoms with E-state index < -0.39 is 10.4 Å². The minimum absolute atomic E-state index is 0.335. The summed E-state index contributed by atoms with van der Waals surface area (Å²) in [7, 11) is -0.0208. The molecule has 1 saturated carbocycles. The predicted molar refractivity (Wildman–Crippen MR) is 133 cm³/mol. The molecule has 36 heavy (non-hydrogen) atoms. The molecule has 2 saturated heterocycles. The van der Waals surface area contributed by atoms with E-state index >= 15 is 0 Å². The molecule has 204 valence electrons. The van der Waals surface area contributed by atoms with Crippen molar-refractivity contribution >= 4 is 16.4 Å². The first-order valence-corrected chi connectivity index (χ1v) is 13.9. The second-order valence-electron chi connectivity index (χ2n) is 9.82. The van der Waals surface area contributed by atoms with Crippen LogP contribution in [0, 0.1) is 17.8 Å². The van der Waals surface area contributed by atoms with Crippen LogP contribution in [0.5, 0.6) is 17.2 Å². The first kappa shape index (κ1) is 28.5. The lowest BCUT2D eigenvalue weighted by molar-refractivity contribution is 0.0270. The molecule has 0 radical (unpaired) electrons. The Balaban J connectivity index is 0.000000658. The first-order valence-electron chi connectivity index (χ1n) is 12.6. The zero-order chi connectivity index (χ0) is 26.3. The summed E-state index contributed by atoms with van der Waals surface area (Å²) in [5, 5.41) is 0. The molecule has 10 nitrogen and oxygen atoms in total. The molecule has 1 aromatic rings. The minimum atomic E-state index is -4.67. The fourth-order valence-corrected chi connectivity index (χ4v) is 6.07. The zero-order valence-electron chi connectivity index (χ0n) is 21.3. The van der Waals surface area contributed by atoms with E-state index in [1.807, 2.05) is 0 Å². The fourth-order valence-electron chi connectivity index (χ4n) is 6.07. The third-order valence-corrected chi connectivity index (χ3v) is 7.69. The summed E-state index contributed by atoms with van der Waals surface area (Å²) in [6.07, 6.45) is 10.6. The molecule has 3 unspecified atom stereocenters.